The van der Waals surface area contributed by atoms with E-state index in [0.717, 1.165) is 5.69 Å². The lowest BCUT2D eigenvalue weighted by Gasteiger charge is -2.08. The Hall–Kier alpha value is -2.07. The van der Waals surface area contributed by atoms with E-state index >= 15 is 0 Å². The highest BCUT2D eigenvalue weighted by Gasteiger charge is 2.06. The number of ether oxygens (including phenoxy) is 1. The number of nitrogen functional groups attached to an aromatic ring is 1. The Kier molecular flexibility index (Phi) is 3.48. The molecule has 0 fully saturated rings. The maximum atomic E-state index is 7.42. The smallest absolute Gasteiger partial charge is 0.220 e. The fourth-order valence-electron chi connectivity index (χ4n) is 1.49. The van der Waals surface area contributed by atoms with Crippen LogP contribution in [0.15, 0.2) is 36.4 Å². The molecule has 0 aliphatic carbocycles. The molecule has 1 aromatic heterocycles. The van der Waals surface area contributed by atoms with E-state index < -0.39 is 0 Å². The lowest BCUT2D eigenvalue weighted by molar-refractivity contribution is 0.462. The number of rotatable bonds is 3. The highest BCUT2D eigenvalue weighted by Crippen LogP contribution is 2.28. The number of amidine groups is 1. The van der Waals surface area contributed by atoms with Gasteiger partial charge >= 0.3 is 0 Å². The van der Waals surface area contributed by atoms with Crippen molar-refractivity contribution in [3.63, 3.8) is 0 Å². The standard InChI is InChI=1S/C13H12ClN3O/c1-8-6-9(13(15)16)7-12(17-8)18-11-5-3-2-4-10(11)14/h2-7H,1H3,(H3,15,16). The third-order valence-electron chi connectivity index (χ3n) is 2.29. The average Bonchev–Trinajstić information content (AvgIpc) is 2.31. The number of halogens is 1. The van der Waals surface area contributed by atoms with E-state index in [-0.39, 0.29) is 5.84 Å². The van der Waals surface area contributed by atoms with Crippen LogP contribution >= 0.6 is 11.6 Å². The van der Waals surface area contributed by atoms with E-state index in [1.165, 1.54) is 0 Å². The lowest BCUT2D eigenvalue weighted by atomic mass is 10.2. The van der Waals surface area contributed by atoms with Gasteiger partial charge in [0.15, 0.2) is 0 Å². The van der Waals surface area contributed by atoms with E-state index in [0.29, 0.717) is 22.2 Å². The van der Waals surface area contributed by atoms with Crippen molar-refractivity contribution in [1.29, 1.82) is 5.41 Å². The Bertz CT molecular complexity index is 599. The van der Waals surface area contributed by atoms with Gasteiger partial charge in [-0.2, -0.15) is 0 Å². The molecule has 2 rings (SSSR count). The van der Waals surface area contributed by atoms with Crippen LogP contribution in [0.2, 0.25) is 5.02 Å². The van der Waals surface area contributed by atoms with Gasteiger partial charge < -0.3 is 10.5 Å². The van der Waals surface area contributed by atoms with Crippen LogP contribution in [0.4, 0.5) is 0 Å². The lowest BCUT2D eigenvalue weighted by Crippen LogP contribution is -2.11. The summed E-state index contributed by atoms with van der Waals surface area (Å²) in [6.07, 6.45) is 0. The summed E-state index contributed by atoms with van der Waals surface area (Å²) in [7, 11) is 0. The minimum atomic E-state index is -0.0236. The van der Waals surface area contributed by atoms with E-state index in [4.69, 9.17) is 27.5 Å². The highest BCUT2D eigenvalue weighted by molar-refractivity contribution is 6.32. The second-order valence-electron chi connectivity index (χ2n) is 3.78. The van der Waals surface area contributed by atoms with Crippen LogP contribution in [0.5, 0.6) is 11.6 Å². The van der Waals surface area contributed by atoms with Crippen LogP contribution in [0.25, 0.3) is 0 Å². The molecule has 0 radical (unpaired) electrons. The number of nitrogens with one attached hydrogen (secondary N) is 1. The van der Waals surface area contributed by atoms with Crippen molar-refractivity contribution in [2.75, 3.05) is 0 Å². The number of nitrogens with two attached hydrogens (primary N) is 1. The first-order chi connectivity index (χ1) is 8.56. The fourth-order valence-corrected chi connectivity index (χ4v) is 1.66. The maximum Gasteiger partial charge on any atom is 0.220 e. The molecule has 4 nitrogen and oxygen atoms in total. The summed E-state index contributed by atoms with van der Waals surface area (Å²) >= 11 is 6.00. The van der Waals surface area contributed by atoms with Crippen LogP contribution in [-0.2, 0) is 0 Å². The van der Waals surface area contributed by atoms with Crippen LogP contribution in [0, 0.1) is 12.3 Å². The number of aromatic nitrogens is 1. The molecule has 1 aromatic carbocycles. The first-order valence-electron chi connectivity index (χ1n) is 5.32. The highest BCUT2D eigenvalue weighted by atomic mass is 35.5. The maximum absolute atomic E-state index is 7.42. The number of pyridine rings is 1. The largest absolute Gasteiger partial charge is 0.437 e. The Morgan fingerprint density at radius 1 is 1.33 bits per heavy atom. The SMILES string of the molecule is Cc1cc(C(=N)N)cc(Oc2ccccc2Cl)n1. The number of nitrogens with zero attached hydrogens (tertiary/aromatic N) is 1. The Labute approximate surface area is 110 Å². The van der Waals surface area contributed by atoms with Crippen molar-refractivity contribution in [3.05, 3.63) is 52.7 Å². The zero-order valence-corrected chi connectivity index (χ0v) is 10.5. The zero-order valence-electron chi connectivity index (χ0n) is 9.77. The predicted molar refractivity (Wildman–Crippen MR) is 71.5 cm³/mol. The molecular weight excluding hydrogens is 250 g/mol. The minimum absolute atomic E-state index is 0.0236. The molecular formula is C13H12ClN3O. The first kappa shape index (κ1) is 12.4. The molecule has 0 saturated heterocycles. The van der Waals surface area contributed by atoms with Gasteiger partial charge in [-0.25, -0.2) is 4.98 Å². The average molecular weight is 262 g/mol. The number of aryl methyl sites for hydroxylation is 1. The molecule has 18 heavy (non-hydrogen) atoms. The molecule has 3 N–H and O–H groups in total. The summed E-state index contributed by atoms with van der Waals surface area (Å²) < 4.78 is 5.59. The summed E-state index contributed by atoms with van der Waals surface area (Å²) in [5.41, 5.74) is 6.75. The molecule has 0 unspecified atom stereocenters. The minimum Gasteiger partial charge on any atom is -0.437 e. The first-order valence-corrected chi connectivity index (χ1v) is 5.69. The van der Waals surface area contributed by atoms with Gasteiger partial charge in [0.1, 0.15) is 11.6 Å². The Balaban J connectivity index is 2.35. The van der Waals surface area contributed by atoms with E-state index in [1.54, 1.807) is 24.3 Å². The molecule has 1 heterocycles. The summed E-state index contributed by atoms with van der Waals surface area (Å²) in [5.74, 6) is 0.865. The molecule has 0 aliphatic rings. The third kappa shape index (κ3) is 2.78. The molecule has 0 saturated carbocycles. The summed E-state index contributed by atoms with van der Waals surface area (Å²) in [5, 5.41) is 7.92. The Morgan fingerprint density at radius 3 is 2.72 bits per heavy atom. The summed E-state index contributed by atoms with van der Waals surface area (Å²) in [6.45, 7) is 1.81. The van der Waals surface area contributed by atoms with Gasteiger partial charge in [-0.05, 0) is 25.1 Å². The monoisotopic (exact) mass is 261 g/mol. The third-order valence-corrected chi connectivity index (χ3v) is 2.60. The quantitative estimate of drug-likeness (QED) is 0.659. The van der Waals surface area contributed by atoms with Gasteiger partial charge in [0.2, 0.25) is 5.88 Å². The van der Waals surface area contributed by atoms with E-state index in [1.807, 2.05) is 19.1 Å². The number of benzene rings is 1. The van der Waals surface area contributed by atoms with Crippen LogP contribution < -0.4 is 10.5 Å². The Morgan fingerprint density at radius 2 is 2.06 bits per heavy atom. The van der Waals surface area contributed by atoms with Crippen molar-refractivity contribution >= 4 is 17.4 Å². The zero-order chi connectivity index (χ0) is 13.1. The second-order valence-corrected chi connectivity index (χ2v) is 4.19. The summed E-state index contributed by atoms with van der Waals surface area (Å²) in [6, 6.07) is 10.5. The molecule has 0 amide bonds. The molecule has 0 bridgehead atoms. The second kappa shape index (κ2) is 5.06. The van der Waals surface area contributed by atoms with Crippen LogP contribution in [-0.4, -0.2) is 10.8 Å². The van der Waals surface area contributed by atoms with Gasteiger partial charge in [0.05, 0.1) is 5.02 Å². The molecule has 5 heteroatoms. The molecule has 0 atom stereocenters. The molecule has 0 spiro atoms. The predicted octanol–water partition coefficient (Wildman–Crippen LogP) is 3.12. The van der Waals surface area contributed by atoms with Gasteiger partial charge in [-0.3, -0.25) is 5.41 Å². The van der Waals surface area contributed by atoms with Crippen LogP contribution in [0.1, 0.15) is 11.3 Å². The van der Waals surface area contributed by atoms with Crippen LogP contribution in [0.3, 0.4) is 0 Å². The van der Waals surface area contributed by atoms with Crippen molar-refractivity contribution in [2.24, 2.45) is 5.73 Å². The van der Waals surface area contributed by atoms with Gasteiger partial charge in [0.25, 0.3) is 0 Å². The van der Waals surface area contributed by atoms with Crippen molar-refractivity contribution < 1.29 is 4.74 Å². The van der Waals surface area contributed by atoms with Crippen molar-refractivity contribution in [3.8, 4) is 11.6 Å². The van der Waals surface area contributed by atoms with Crippen molar-refractivity contribution in [1.82, 2.24) is 4.98 Å². The normalized spacial score (nSPS) is 10.1. The molecule has 0 aliphatic heterocycles. The van der Waals surface area contributed by atoms with Crippen molar-refractivity contribution in [2.45, 2.75) is 6.92 Å². The van der Waals surface area contributed by atoms with Gasteiger partial charge in [-0.1, -0.05) is 23.7 Å². The number of hydrogen-bond acceptors (Lipinski definition) is 3. The molecule has 92 valence electrons. The summed E-state index contributed by atoms with van der Waals surface area (Å²) in [4.78, 5) is 4.22. The van der Waals surface area contributed by atoms with Gasteiger partial charge in [0, 0.05) is 17.3 Å². The van der Waals surface area contributed by atoms with Gasteiger partial charge in [-0.15, -0.1) is 0 Å². The molecule has 2 aromatic rings. The fraction of sp³-hybridized carbons (Fsp3) is 0.0769. The van der Waals surface area contributed by atoms with E-state index in [2.05, 4.69) is 4.98 Å². The number of hydrogen-bond donors (Lipinski definition) is 2. The van der Waals surface area contributed by atoms with E-state index in [9.17, 15) is 0 Å². The number of para-hydroxylation sites is 1. The topological polar surface area (TPSA) is 72.0 Å².